The molecule has 7 heteroatoms. The Labute approximate surface area is 199 Å². The number of ether oxygens (including phenoxy) is 1. The number of carbonyl (C=O) groups is 3. The molecule has 0 heterocycles. The van der Waals surface area contributed by atoms with Gasteiger partial charge in [-0.25, -0.2) is 4.79 Å². The Morgan fingerprint density at radius 1 is 1.03 bits per heavy atom. The van der Waals surface area contributed by atoms with Crippen LogP contribution in [-0.2, 0) is 14.3 Å². The molecular formula is C27H32N2O5. The minimum atomic E-state index is -0.917. The number of fused-ring (bicyclic) bond motifs is 3. The molecule has 2 aliphatic carbocycles. The van der Waals surface area contributed by atoms with Crippen molar-refractivity contribution in [3.05, 3.63) is 59.7 Å². The lowest BCUT2D eigenvalue weighted by molar-refractivity contribution is -0.137. The maximum absolute atomic E-state index is 12.6. The van der Waals surface area contributed by atoms with Crippen LogP contribution in [0.2, 0.25) is 0 Å². The summed E-state index contributed by atoms with van der Waals surface area (Å²) in [6.45, 7) is 2.22. The van der Waals surface area contributed by atoms with E-state index < -0.39 is 12.1 Å². The van der Waals surface area contributed by atoms with Crippen molar-refractivity contribution in [3.63, 3.8) is 0 Å². The van der Waals surface area contributed by atoms with Crippen molar-refractivity contribution in [2.24, 2.45) is 5.92 Å². The van der Waals surface area contributed by atoms with Crippen LogP contribution in [0.25, 0.3) is 11.1 Å². The normalized spacial score (nSPS) is 19.7. The fourth-order valence-electron chi connectivity index (χ4n) is 5.26. The number of alkyl carbamates (subject to hydrolysis) is 1. The molecule has 4 rings (SSSR count). The average molecular weight is 465 g/mol. The van der Waals surface area contributed by atoms with Gasteiger partial charge < -0.3 is 20.5 Å². The number of carboxylic acids is 1. The molecule has 0 aliphatic heterocycles. The lowest BCUT2D eigenvalue weighted by atomic mass is 9.98. The monoisotopic (exact) mass is 464 g/mol. The van der Waals surface area contributed by atoms with Crippen molar-refractivity contribution in [2.75, 3.05) is 6.61 Å². The van der Waals surface area contributed by atoms with Gasteiger partial charge in [-0.1, -0.05) is 61.9 Å². The summed E-state index contributed by atoms with van der Waals surface area (Å²) >= 11 is 0. The van der Waals surface area contributed by atoms with Gasteiger partial charge in [-0.3, -0.25) is 9.59 Å². The van der Waals surface area contributed by atoms with E-state index in [-0.39, 0.29) is 42.9 Å². The molecule has 3 atom stereocenters. The zero-order chi connectivity index (χ0) is 24.1. The third-order valence-electron chi connectivity index (χ3n) is 6.87. The first kappa shape index (κ1) is 23.8. The Bertz CT molecular complexity index is 1010. The highest BCUT2D eigenvalue weighted by molar-refractivity contribution is 5.81. The van der Waals surface area contributed by atoms with Gasteiger partial charge in [0.25, 0.3) is 0 Å². The van der Waals surface area contributed by atoms with Gasteiger partial charge in [0.05, 0.1) is 6.42 Å². The van der Waals surface area contributed by atoms with E-state index in [1.165, 1.54) is 11.1 Å². The predicted octanol–water partition coefficient (Wildman–Crippen LogP) is 4.45. The molecular weight excluding hydrogens is 432 g/mol. The van der Waals surface area contributed by atoms with Gasteiger partial charge in [0.2, 0.25) is 5.91 Å². The first-order valence-corrected chi connectivity index (χ1v) is 12.1. The van der Waals surface area contributed by atoms with Gasteiger partial charge in [0, 0.05) is 23.9 Å². The molecule has 7 nitrogen and oxygen atoms in total. The molecule has 3 N–H and O–H groups in total. The van der Waals surface area contributed by atoms with E-state index in [1.54, 1.807) is 0 Å². The molecule has 2 aliphatic rings. The third kappa shape index (κ3) is 5.41. The standard InChI is InChI=1S/C27H32N2O5/c1-2-7-18(15-25(30)31)28-26(32)17-12-13-19(14-17)29-27(33)34-16-24-22-10-5-3-8-20(22)21-9-4-6-11-23(21)24/h3-6,8-11,17-19,24H,2,7,12-16H2,1H3,(H,28,32)(H,29,33)(H,30,31)/t17?,18-,19?/m1/s1. The van der Waals surface area contributed by atoms with Crippen molar-refractivity contribution in [2.45, 2.75) is 63.5 Å². The largest absolute Gasteiger partial charge is 0.481 e. The number of amides is 2. The van der Waals surface area contributed by atoms with Crippen LogP contribution in [-0.4, -0.2) is 41.8 Å². The van der Waals surface area contributed by atoms with E-state index in [9.17, 15) is 14.4 Å². The summed E-state index contributed by atoms with van der Waals surface area (Å²) in [7, 11) is 0. The molecule has 0 radical (unpaired) electrons. The average Bonchev–Trinajstić information content (AvgIpc) is 3.40. The van der Waals surface area contributed by atoms with Crippen LogP contribution >= 0.6 is 0 Å². The van der Waals surface area contributed by atoms with Crippen molar-refractivity contribution in [1.82, 2.24) is 10.6 Å². The van der Waals surface area contributed by atoms with Gasteiger partial charge in [0.1, 0.15) is 6.61 Å². The minimum absolute atomic E-state index is 0.00462. The molecule has 180 valence electrons. The summed E-state index contributed by atoms with van der Waals surface area (Å²) in [6.07, 6.45) is 2.77. The number of benzene rings is 2. The highest BCUT2D eigenvalue weighted by atomic mass is 16.5. The molecule has 34 heavy (non-hydrogen) atoms. The van der Waals surface area contributed by atoms with Gasteiger partial charge in [0.15, 0.2) is 0 Å². The van der Waals surface area contributed by atoms with Gasteiger partial charge in [-0.15, -0.1) is 0 Å². The van der Waals surface area contributed by atoms with Gasteiger partial charge in [-0.05, 0) is 47.9 Å². The Morgan fingerprint density at radius 2 is 1.68 bits per heavy atom. The van der Waals surface area contributed by atoms with Crippen molar-refractivity contribution < 1.29 is 24.2 Å². The molecule has 0 spiro atoms. The van der Waals surface area contributed by atoms with E-state index in [0.29, 0.717) is 25.7 Å². The van der Waals surface area contributed by atoms with E-state index in [0.717, 1.165) is 17.5 Å². The minimum Gasteiger partial charge on any atom is -0.481 e. The number of hydrogen-bond donors (Lipinski definition) is 3. The maximum atomic E-state index is 12.6. The molecule has 2 amide bonds. The maximum Gasteiger partial charge on any atom is 0.407 e. The highest BCUT2D eigenvalue weighted by Gasteiger charge is 2.33. The molecule has 0 bridgehead atoms. The summed E-state index contributed by atoms with van der Waals surface area (Å²) in [5.41, 5.74) is 4.69. The van der Waals surface area contributed by atoms with E-state index >= 15 is 0 Å². The van der Waals surface area contributed by atoms with Gasteiger partial charge in [-0.2, -0.15) is 0 Å². The van der Waals surface area contributed by atoms with Crippen LogP contribution < -0.4 is 10.6 Å². The number of aliphatic carboxylic acids is 1. The Kier molecular flexibility index (Phi) is 7.50. The van der Waals surface area contributed by atoms with E-state index in [1.807, 2.05) is 31.2 Å². The molecule has 2 aromatic carbocycles. The molecule has 2 unspecified atom stereocenters. The Morgan fingerprint density at radius 3 is 2.29 bits per heavy atom. The SMILES string of the molecule is CCC[C@H](CC(=O)O)NC(=O)C1CCC(NC(=O)OCC2c3ccccc3-c3ccccc32)C1. The van der Waals surface area contributed by atoms with Crippen LogP contribution in [0.5, 0.6) is 0 Å². The molecule has 1 fully saturated rings. The van der Waals surface area contributed by atoms with E-state index in [4.69, 9.17) is 9.84 Å². The lowest BCUT2D eigenvalue weighted by Gasteiger charge is -2.19. The van der Waals surface area contributed by atoms with Gasteiger partial charge >= 0.3 is 12.1 Å². The third-order valence-corrected chi connectivity index (χ3v) is 6.87. The summed E-state index contributed by atoms with van der Waals surface area (Å²) in [4.78, 5) is 36.2. The summed E-state index contributed by atoms with van der Waals surface area (Å²) in [6, 6.07) is 15.9. The second-order valence-electron chi connectivity index (χ2n) is 9.27. The quantitative estimate of drug-likeness (QED) is 0.508. The van der Waals surface area contributed by atoms with Crippen LogP contribution in [0.3, 0.4) is 0 Å². The Balaban J connectivity index is 1.28. The van der Waals surface area contributed by atoms with Crippen molar-refractivity contribution >= 4 is 18.0 Å². The summed E-state index contributed by atoms with van der Waals surface area (Å²) < 4.78 is 5.62. The van der Waals surface area contributed by atoms with Crippen molar-refractivity contribution in [1.29, 1.82) is 0 Å². The zero-order valence-corrected chi connectivity index (χ0v) is 19.5. The highest BCUT2D eigenvalue weighted by Crippen LogP contribution is 2.44. The molecule has 2 aromatic rings. The second kappa shape index (κ2) is 10.7. The zero-order valence-electron chi connectivity index (χ0n) is 19.5. The molecule has 0 aromatic heterocycles. The summed E-state index contributed by atoms with van der Waals surface area (Å²) in [5.74, 6) is -1.27. The van der Waals surface area contributed by atoms with E-state index in [2.05, 4.69) is 34.9 Å². The van der Waals surface area contributed by atoms with Crippen LogP contribution in [0.1, 0.15) is 62.5 Å². The number of carbonyl (C=O) groups excluding carboxylic acids is 2. The first-order chi connectivity index (χ1) is 16.5. The smallest absolute Gasteiger partial charge is 0.407 e. The first-order valence-electron chi connectivity index (χ1n) is 12.1. The number of nitrogens with one attached hydrogen (secondary N) is 2. The number of carboxylic acid groups (broad SMARTS) is 1. The Hall–Kier alpha value is -3.35. The fourth-order valence-corrected chi connectivity index (χ4v) is 5.26. The topological polar surface area (TPSA) is 105 Å². The van der Waals surface area contributed by atoms with Crippen LogP contribution in [0.15, 0.2) is 48.5 Å². The van der Waals surface area contributed by atoms with Crippen LogP contribution in [0, 0.1) is 5.92 Å². The lowest BCUT2D eigenvalue weighted by Crippen LogP contribution is -2.40. The fraction of sp³-hybridized carbons (Fsp3) is 0.444. The number of hydrogen-bond acceptors (Lipinski definition) is 4. The molecule has 0 saturated heterocycles. The number of rotatable bonds is 9. The van der Waals surface area contributed by atoms with Crippen LogP contribution in [0.4, 0.5) is 4.79 Å². The van der Waals surface area contributed by atoms with Crippen molar-refractivity contribution in [3.8, 4) is 11.1 Å². The molecule has 1 saturated carbocycles. The second-order valence-corrected chi connectivity index (χ2v) is 9.27. The predicted molar refractivity (Wildman–Crippen MR) is 128 cm³/mol. The summed E-state index contributed by atoms with van der Waals surface area (Å²) in [5, 5.41) is 14.8.